The standard InChI is InChI=1S/C19H17IO6/c1-22-13-8-16(24-3)18-17(9-13)25-10-12(19(18)21)6-11-4-5-14(23-2)15(7-11)26-20/h4-9H,10H2,1-3H3/b12-6+. The second-order valence-corrected chi connectivity index (χ2v) is 5.92. The van der Waals surface area contributed by atoms with E-state index in [1.165, 1.54) is 7.11 Å². The molecular formula is C19H17IO6. The highest BCUT2D eigenvalue weighted by Gasteiger charge is 2.28. The minimum Gasteiger partial charge on any atom is -0.496 e. The van der Waals surface area contributed by atoms with Crippen LogP contribution in [0, 0.1) is 0 Å². The molecule has 2 aromatic rings. The Balaban J connectivity index is 2.00. The number of rotatable bonds is 5. The molecular weight excluding hydrogens is 451 g/mol. The number of carbonyl (C=O) groups is 1. The molecule has 0 atom stereocenters. The maximum Gasteiger partial charge on any atom is 0.199 e. The molecule has 1 aliphatic rings. The van der Waals surface area contributed by atoms with Gasteiger partial charge in [0.1, 0.15) is 29.4 Å². The lowest BCUT2D eigenvalue weighted by atomic mass is 9.97. The van der Waals surface area contributed by atoms with E-state index in [-0.39, 0.29) is 12.4 Å². The number of Topliss-reactive ketones (excluding diaryl/α,β-unsaturated/α-hetero) is 1. The summed E-state index contributed by atoms with van der Waals surface area (Å²) in [6, 6.07) is 8.78. The van der Waals surface area contributed by atoms with Crippen molar-refractivity contribution in [3.05, 3.63) is 47.0 Å². The van der Waals surface area contributed by atoms with Crippen LogP contribution in [0.5, 0.6) is 28.7 Å². The molecule has 1 aliphatic heterocycles. The van der Waals surface area contributed by atoms with Gasteiger partial charge in [-0.3, -0.25) is 4.79 Å². The van der Waals surface area contributed by atoms with Gasteiger partial charge in [0.2, 0.25) is 0 Å². The van der Waals surface area contributed by atoms with Crippen molar-refractivity contribution in [3.63, 3.8) is 0 Å². The molecule has 0 radical (unpaired) electrons. The highest BCUT2D eigenvalue weighted by Crippen LogP contribution is 2.39. The molecule has 0 fully saturated rings. The fourth-order valence-corrected chi connectivity index (χ4v) is 3.06. The monoisotopic (exact) mass is 468 g/mol. The summed E-state index contributed by atoms with van der Waals surface area (Å²) >= 11 is 1.79. The van der Waals surface area contributed by atoms with Gasteiger partial charge in [-0.25, -0.2) is 0 Å². The Morgan fingerprint density at radius 3 is 2.42 bits per heavy atom. The summed E-state index contributed by atoms with van der Waals surface area (Å²) in [4.78, 5) is 13.0. The molecule has 0 unspecified atom stereocenters. The zero-order chi connectivity index (χ0) is 18.7. The number of hydrogen-bond donors (Lipinski definition) is 0. The number of fused-ring (bicyclic) bond motifs is 1. The van der Waals surface area contributed by atoms with Crippen LogP contribution in [0.3, 0.4) is 0 Å². The van der Waals surface area contributed by atoms with Crippen molar-refractivity contribution in [3.8, 4) is 28.7 Å². The lowest BCUT2D eigenvalue weighted by molar-refractivity contribution is 0.0997. The first kappa shape index (κ1) is 18.4. The largest absolute Gasteiger partial charge is 0.496 e. The van der Waals surface area contributed by atoms with Gasteiger partial charge < -0.3 is 22.0 Å². The van der Waals surface area contributed by atoms with Crippen LogP contribution in [0.15, 0.2) is 35.9 Å². The third-order valence-electron chi connectivity index (χ3n) is 4.01. The number of benzene rings is 2. The summed E-state index contributed by atoms with van der Waals surface area (Å²) in [5.74, 6) is 2.50. The molecule has 0 saturated heterocycles. The van der Waals surface area contributed by atoms with Gasteiger partial charge in [0.05, 0.1) is 21.3 Å². The fraction of sp³-hybridized carbons (Fsp3) is 0.211. The lowest BCUT2D eigenvalue weighted by Gasteiger charge is -2.21. The fourth-order valence-electron chi connectivity index (χ4n) is 2.72. The molecule has 26 heavy (non-hydrogen) atoms. The predicted molar refractivity (Wildman–Crippen MR) is 105 cm³/mol. The van der Waals surface area contributed by atoms with Crippen LogP contribution in [-0.4, -0.2) is 33.7 Å². The van der Waals surface area contributed by atoms with Crippen LogP contribution in [0.25, 0.3) is 6.08 Å². The Bertz CT molecular complexity index is 857. The van der Waals surface area contributed by atoms with Crippen molar-refractivity contribution in [1.29, 1.82) is 0 Å². The van der Waals surface area contributed by atoms with Crippen molar-refractivity contribution in [1.82, 2.24) is 0 Å². The van der Waals surface area contributed by atoms with E-state index in [1.54, 1.807) is 67.6 Å². The van der Waals surface area contributed by atoms with Crippen molar-refractivity contribution in [2.45, 2.75) is 0 Å². The Hall–Kier alpha value is -2.42. The van der Waals surface area contributed by atoms with E-state index in [0.717, 1.165) is 5.56 Å². The zero-order valence-corrected chi connectivity index (χ0v) is 16.7. The van der Waals surface area contributed by atoms with Crippen molar-refractivity contribution >= 4 is 34.9 Å². The van der Waals surface area contributed by atoms with Crippen LogP contribution >= 0.6 is 23.0 Å². The summed E-state index contributed by atoms with van der Waals surface area (Å²) in [6.45, 7) is 0.161. The minimum atomic E-state index is -0.140. The number of carbonyl (C=O) groups excluding carboxylic acids is 1. The lowest BCUT2D eigenvalue weighted by Crippen LogP contribution is -2.20. The minimum absolute atomic E-state index is 0.140. The second-order valence-electron chi connectivity index (χ2n) is 5.48. The third kappa shape index (κ3) is 3.44. The smallest absolute Gasteiger partial charge is 0.199 e. The molecule has 0 spiro atoms. The Morgan fingerprint density at radius 2 is 1.77 bits per heavy atom. The number of halogens is 1. The van der Waals surface area contributed by atoms with Crippen LogP contribution in [0.2, 0.25) is 0 Å². The van der Waals surface area contributed by atoms with Crippen LogP contribution < -0.4 is 22.0 Å². The first-order valence-electron chi connectivity index (χ1n) is 7.72. The summed E-state index contributed by atoms with van der Waals surface area (Å²) < 4.78 is 26.8. The summed E-state index contributed by atoms with van der Waals surface area (Å²) in [6.07, 6.45) is 1.77. The van der Waals surface area contributed by atoms with E-state index in [9.17, 15) is 4.79 Å². The molecule has 0 aliphatic carbocycles. The number of ketones is 1. The number of hydrogen-bond acceptors (Lipinski definition) is 6. The average Bonchev–Trinajstić information content (AvgIpc) is 2.68. The molecule has 0 amide bonds. The Labute approximate surface area is 165 Å². The van der Waals surface area contributed by atoms with E-state index in [2.05, 4.69) is 0 Å². The molecule has 0 N–H and O–H groups in total. The second kappa shape index (κ2) is 7.86. The van der Waals surface area contributed by atoms with Crippen LogP contribution in [0.1, 0.15) is 15.9 Å². The first-order chi connectivity index (χ1) is 12.6. The van der Waals surface area contributed by atoms with Gasteiger partial charge in [0.15, 0.2) is 40.3 Å². The molecule has 7 heteroatoms. The maximum atomic E-state index is 13.0. The molecule has 2 aromatic carbocycles. The SMILES string of the molecule is COc1cc(OC)c2c(c1)OC/C(=C\c1ccc(OC)c(OI)c1)C2=O. The third-order valence-corrected chi connectivity index (χ3v) is 4.48. The molecule has 0 bridgehead atoms. The van der Waals surface area contributed by atoms with Gasteiger partial charge in [-0.2, -0.15) is 0 Å². The maximum absolute atomic E-state index is 13.0. The molecule has 136 valence electrons. The summed E-state index contributed by atoms with van der Waals surface area (Å²) in [5, 5.41) is 0. The van der Waals surface area contributed by atoms with Gasteiger partial charge in [0, 0.05) is 17.7 Å². The van der Waals surface area contributed by atoms with E-state index in [1.807, 2.05) is 6.07 Å². The first-order valence-corrected chi connectivity index (χ1v) is 8.60. The summed E-state index contributed by atoms with van der Waals surface area (Å²) in [5.41, 5.74) is 1.72. The van der Waals surface area contributed by atoms with Gasteiger partial charge in [0.25, 0.3) is 0 Å². The molecule has 0 aromatic heterocycles. The zero-order valence-electron chi connectivity index (χ0n) is 14.5. The van der Waals surface area contributed by atoms with E-state index in [4.69, 9.17) is 22.0 Å². The van der Waals surface area contributed by atoms with Crippen molar-refractivity contribution in [2.24, 2.45) is 0 Å². The number of ether oxygens (including phenoxy) is 4. The van der Waals surface area contributed by atoms with Crippen LogP contribution in [0.4, 0.5) is 0 Å². The van der Waals surface area contributed by atoms with Gasteiger partial charge in [-0.05, 0) is 23.8 Å². The van der Waals surface area contributed by atoms with E-state index >= 15 is 0 Å². The quantitative estimate of drug-likeness (QED) is 0.487. The van der Waals surface area contributed by atoms with E-state index < -0.39 is 0 Å². The highest BCUT2D eigenvalue weighted by molar-refractivity contribution is 14.1. The van der Waals surface area contributed by atoms with Gasteiger partial charge in [-0.15, -0.1) is 0 Å². The average molecular weight is 468 g/mol. The molecule has 3 rings (SSSR count). The van der Waals surface area contributed by atoms with Crippen molar-refractivity contribution < 1.29 is 26.8 Å². The van der Waals surface area contributed by atoms with Gasteiger partial charge in [-0.1, -0.05) is 6.07 Å². The Kier molecular flexibility index (Phi) is 5.55. The highest BCUT2D eigenvalue weighted by atomic mass is 127. The molecule has 0 saturated carbocycles. The van der Waals surface area contributed by atoms with Crippen molar-refractivity contribution in [2.75, 3.05) is 27.9 Å². The molecule has 1 heterocycles. The predicted octanol–water partition coefficient (Wildman–Crippen LogP) is 4.10. The normalized spacial score (nSPS) is 14.5. The van der Waals surface area contributed by atoms with Gasteiger partial charge >= 0.3 is 0 Å². The van der Waals surface area contributed by atoms with E-state index in [0.29, 0.717) is 39.9 Å². The summed E-state index contributed by atoms with van der Waals surface area (Å²) in [7, 11) is 4.63. The topological polar surface area (TPSA) is 63.2 Å². The van der Waals surface area contributed by atoms with Crippen LogP contribution in [-0.2, 0) is 0 Å². The Morgan fingerprint density at radius 1 is 1.00 bits per heavy atom. The number of methoxy groups -OCH3 is 3. The molecule has 6 nitrogen and oxygen atoms in total.